The predicted octanol–water partition coefficient (Wildman–Crippen LogP) is 0.0912. The maximum absolute atomic E-state index is 11.5. The highest BCUT2D eigenvalue weighted by molar-refractivity contribution is 5.90. The van der Waals surface area contributed by atoms with Gasteiger partial charge in [-0.25, -0.2) is 9.78 Å². The standard InChI is InChI=1S/C9H13N3O3/c1-3-5-6(8(14)15-4-2)7(13)12-9(10)11-5/h3-4H2,1-2H3,(H3,10,11,12,13). The van der Waals surface area contributed by atoms with Crippen molar-refractivity contribution in [1.29, 1.82) is 0 Å². The van der Waals surface area contributed by atoms with Crippen LogP contribution < -0.4 is 11.3 Å². The Morgan fingerprint density at radius 1 is 1.53 bits per heavy atom. The summed E-state index contributed by atoms with van der Waals surface area (Å²) in [6.45, 7) is 3.66. The molecule has 0 bridgehead atoms. The van der Waals surface area contributed by atoms with Gasteiger partial charge in [0.25, 0.3) is 5.56 Å². The molecule has 0 amide bonds. The van der Waals surface area contributed by atoms with E-state index >= 15 is 0 Å². The van der Waals surface area contributed by atoms with Gasteiger partial charge in [0, 0.05) is 0 Å². The third-order valence-electron chi connectivity index (χ3n) is 1.83. The summed E-state index contributed by atoms with van der Waals surface area (Å²) in [6.07, 6.45) is 0.447. The zero-order valence-electron chi connectivity index (χ0n) is 8.66. The van der Waals surface area contributed by atoms with Gasteiger partial charge in [-0.3, -0.25) is 9.78 Å². The molecular weight excluding hydrogens is 198 g/mol. The number of nitrogens with zero attached hydrogens (tertiary/aromatic N) is 1. The van der Waals surface area contributed by atoms with Crippen LogP contribution in [0.3, 0.4) is 0 Å². The number of carbonyl (C=O) groups excluding carboxylic acids is 1. The third-order valence-corrected chi connectivity index (χ3v) is 1.83. The summed E-state index contributed by atoms with van der Waals surface area (Å²) in [5, 5.41) is 0. The van der Waals surface area contributed by atoms with E-state index in [1.165, 1.54) is 0 Å². The smallest absolute Gasteiger partial charge is 0.345 e. The average Bonchev–Trinajstić information content (AvgIpc) is 2.16. The van der Waals surface area contributed by atoms with Gasteiger partial charge in [-0.1, -0.05) is 6.92 Å². The number of esters is 1. The predicted molar refractivity (Wildman–Crippen MR) is 54.6 cm³/mol. The fraction of sp³-hybridized carbons (Fsp3) is 0.444. The molecule has 1 aromatic rings. The number of anilines is 1. The van der Waals surface area contributed by atoms with E-state index in [1.54, 1.807) is 13.8 Å². The maximum atomic E-state index is 11.5. The zero-order valence-corrected chi connectivity index (χ0v) is 8.66. The summed E-state index contributed by atoms with van der Waals surface area (Å²) < 4.78 is 4.75. The van der Waals surface area contributed by atoms with E-state index in [0.29, 0.717) is 12.1 Å². The molecule has 1 rings (SSSR count). The lowest BCUT2D eigenvalue weighted by Gasteiger charge is -2.05. The number of hydrogen-bond donors (Lipinski definition) is 2. The van der Waals surface area contributed by atoms with Crippen molar-refractivity contribution in [2.24, 2.45) is 0 Å². The molecule has 0 saturated carbocycles. The topological polar surface area (TPSA) is 98.1 Å². The average molecular weight is 211 g/mol. The Balaban J connectivity index is 3.27. The van der Waals surface area contributed by atoms with E-state index in [-0.39, 0.29) is 18.1 Å². The SMILES string of the molecule is CCOC(=O)c1c(CC)nc(N)[nH]c1=O. The summed E-state index contributed by atoms with van der Waals surface area (Å²) >= 11 is 0. The number of rotatable bonds is 3. The van der Waals surface area contributed by atoms with Crippen LogP contribution in [0.25, 0.3) is 0 Å². The molecule has 0 aromatic carbocycles. The van der Waals surface area contributed by atoms with E-state index < -0.39 is 11.5 Å². The fourth-order valence-corrected chi connectivity index (χ4v) is 1.21. The molecule has 0 aliphatic rings. The Morgan fingerprint density at radius 3 is 2.73 bits per heavy atom. The summed E-state index contributed by atoms with van der Waals surface area (Å²) in [5.41, 5.74) is 5.10. The number of nitrogens with two attached hydrogens (primary N) is 1. The van der Waals surface area contributed by atoms with Gasteiger partial charge < -0.3 is 10.5 Å². The minimum Gasteiger partial charge on any atom is -0.462 e. The molecule has 1 aromatic heterocycles. The number of aryl methyl sites for hydroxylation is 1. The molecule has 15 heavy (non-hydrogen) atoms. The second-order valence-electron chi connectivity index (χ2n) is 2.85. The van der Waals surface area contributed by atoms with Gasteiger partial charge in [0.05, 0.1) is 12.3 Å². The summed E-state index contributed by atoms with van der Waals surface area (Å²) in [6, 6.07) is 0. The van der Waals surface area contributed by atoms with Crippen LogP contribution in [-0.2, 0) is 11.2 Å². The molecule has 0 aliphatic carbocycles. The lowest BCUT2D eigenvalue weighted by atomic mass is 10.2. The van der Waals surface area contributed by atoms with Crippen LogP contribution in [0.1, 0.15) is 29.9 Å². The quantitative estimate of drug-likeness (QED) is 0.690. The zero-order chi connectivity index (χ0) is 11.4. The van der Waals surface area contributed by atoms with Gasteiger partial charge in [0.2, 0.25) is 5.95 Å². The first kappa shape index (κ1) is 11.2. The molecule has 0 fully saturated rings. The van der Waals surface area contributed by atoms with Gasteiger partial charge in [0.15, 0.2) is 0 Å². The maximum Gasteiger partial charge on any atom is 0.345 e. The molecule has 0 aliphatic heterocycles. The molecule has 82 valence electrons. The summed E-state index contributed by atoms with van der Waals surface area (Å²) in [4.78, 5) is 29.0. The highest BCUT2D eigenvalue weighted by atomic mass is 16.5. The molecular formula is C9H13N3O3. The molecule has 0 radical (unpaired) electrons. The van der Waals surface area contributed by atoms with Crippen molar-refractivity contribution in [3.63, 3.8) is 0 Å². The number of aromatic nitrogens is 2. The first-order valence-electron chi connectivity index (χ1n) is 4.65. The van der Waals surface area contributed by atoms with Crippen LogP contribution in [0.2, 0.25) is 0 Å². The Bertz CT molecular complexity index is 425. The third kappa shape index (κ3) is 2.34. The van der Waals surface area contributed by atoms with Crippen molar-refractivity contribution >= 4 is 11.9 Å². The van der Waals surface area contributed by atoms with E-state index in [2.05, 4.69) is 9.97 Å². The lowest BCUT2D eigenvalue weighted by molar-refractivity contribution is 0.0522. The van der Waals surface area contributed by atoms with Gasteiger partial charge >= 0.3 is 5.97 Å². The molecule has 6 heteroatoms. The minimum absolute atomic E-state index is 0.00454. The number of nitrogens with one attached hydrogen (secondary N) is 1. The van der Waals surface area contributed by atoms with Crippen LogP contribution in [0, 0.1) is 0 Å². The monoisotopic (exact) mass is 211 g/mol. The van der Waals surface area contributed by atoms with Crippen LogP contribution in [-0.4, -0.2) is 22.5 Å². The normalized spacial score (nSPS) is 10.0. The van der Waals surface area contributed by atoms with Crippen molar-refractivity contribution < 1.29 is 9.53 Å². The number of hydrogen-bond acceptors (Lipinski definition) is 5. The number of H-pyrrole nitrogens is 1. The molecule has 6 nitrogen and oxygen atoms in total. The van der Waals surface area contributed by atoms with Crippen molar-refractivity contribution in [3.05, 3.63) is 21.6 Å². The van der Waals surface area contributed by atoms with Gasteiger partial charge in [-0.05, 0) is 13.3 Å². The number of nitrogen functional groups attached to an aromatic ring is 1. The Labute approximate surface area is 86.5 Å². The second-order valence-corrected chi connectivity index (χ2v) is 2.85. The molecule has 0 unspecified atom stereocenters. The van der Waals surface area contributed by atoms with Crippen molar-refractivity contribution in [3.8, 4) is 0 Å². The molecule has 0 saturated heterocycles. The minimum atomic E-state index is -0.664. The number of aromatic amines is 1. The van der Waals surface area contributed by atoms with E-state index in [4.69, 9.17) is 10.5 Å². The van der Waals surface area contributed by atoms with E-state index in [1.807, 2.05) is 0 Å². The first-order valence-corrected chi connectivity index (χ1v) is 4.65. The van der Waals surface area contributed by atoms with Crippen LogP contribution >= 0.6 is 0 Å². The van der Waals surface area contributed by atoms with Crippen molar-refractivity contribution in [2.75, 3.05) is 12.3 Å². The van der Waals surface area contributed by atoms with Crippen molar-refractivity contribution in [2.45, 2.75) is 20.3 Å². The number of ether oxygens (including phenoxy) is 1. The number of carbonyl (C=O) groups is 1. The van der Waals surface area contributed by atoms with Crippen LogP contribution in [0.4, 0.5) is 5.95 Å². The van der Waals surface area contributed by atoms with Crippen molar-refractivity contribution in [1.82, 2.24) is 9.97 Å². The second kappa shape index (κ2) is 4.59. The van der Waals surface area contributed by atoms with E-state index in [0.717, 1.165) is 0 Å². The highest BCUT2D eigenvalue weighted by Crippen LogP contribution is 2.04. The van der Waals surface area contributed by atoms with Crippen LogP contribution in [0.15, 0.2) is 4.79 Å². The Kier molecular flexibility index (Phi) is 3.43. The molecule has 0 atom stereocenters. The lowest BCUT2D eigenvalue weighted by Crippen LogP contribution is -2.25. The first-order chi connectivity index (χ1) is 7.10. The van der Waals surface area contributed by atoms with E-state index in [9.17, 15) is 9.59 Å². The highest BCUT2D eigenvalue weighted by Gasteiger charge is 2.18. The largest absolute Gasteiger partial charge is 0.462 e. The molecule has 1 heterocycles. The Hall–Kier alpha value is -1.85. The summed E-state index contributed by atoms with van der Waals surface area (Å²) in [7, 11) is 0. The fourth-order valence-electron chi connectivity index (χ4n) is 1.21. The van der Waals surface area contributed by atoms with Crippen LogP contribution in [0.5, 0.6) is 0 Å². The van der Waals surface area contributed by atoms with Gasteiger partial charge in [0.1, 0.15) is 5.56 Å². The Morgan fingerprint density at radius 2 is 2.20 bits per heavy atom. The van der Waals surface area contributed by atoms with Gasteiger partial charge in [-0.15, -0.1) is 0 Å². The molecule has 0 spiro atoms. The van der Waals surface area contributed by atoms with Gasteiger partial charge in [-0.2, -0.15) is 0 Å². The summed E-state index contributed by atoms with van der Waals surface area (Å²) in [5.74, 6) is -0.659. The molecule has 3 N–H and O–H groups in total.